The van der Waals surface area contributed by atoms with Gasteiger partial charge in [-0.05, 0) is 23.1 Å². The van der Waals surface area contributed by atoms with Crippen molar-refractivity contribution in [2.75, 3.05) is 6.61 Å². The largest absolute Gasteiger partial charge is 0.543 e. The Morgan fingerprint density at radius 2 is 1.86 bits per heavy atom. The fourth-order valence-corrected chi connectivity index (χ4v) is 2.47. The van der Waals surface area contributed by atoms with E-state index >= 15 is 0 Å². The minimum atomic E-state index is -1.39. The second-order valence-corrected chi connectivity index (χ2v) is 6.67. The molecule has 1 heterocycles. The van der Waals surface area contributed by atoms with Gasteiger partial charge in [-0.25, -0.2) is 4.98 Å². The molecule has 0 radical (unpaired) electrons. The summed E-state index contributed by atoms with van der Waals surface area (Å²) in [7, 11) is 0. The molecule has 0 spiro atoms. The number of thiazole rings is 1. The molecule has 6 heteroatoms. The number of carboxylic acids is 1. The number of aromatic carboxylic acids is 1. The zero-order chi connectivity index (χ0) is 16.3. The van der Waals surface area contributed by atoms with Crippen LogP contribution in [0.15, 0.2) is 29.6 Å². The number of hydrogen-bond acceptors (Lipinski definition) is 6. The zero-order valence-electron chi connectivity index (χ0n) is 12.6. The van der Waals surface area contributed by atoms with Gasteiger partial charge >= 0.3 is 0 Å². The molecule has 0 bridgehead atoms. The highest BCUT2D eigenvalue weighted by atomic mass is 32.1. The molecule has 0 aliphatic heterocycles. The van der Waals surface area contributed by atoms with Crippen LogP contribution in [0.5, 0.6) is 5.75 Å². The van der Waals surface area contributed by atoms with Crippen molar-refractivity contribution in [3.05, 3.63) is 45.9 Å². The van der Waals surface area contributed by atoms with Gasteiger partial charge < -0.3 is 14.6 Å². The fourth-order valence-electron chi connectivity index (χ4n) is 1.76. The zero-order valence-corrected chi connectivity index (χ0v) is 13.4. The van der Waals surface area contributed by atoms with Crippen molar-refractivity contribution in [1.82, 2.24) is 4.98 Å². The van der Waals surface area contributed by atoms with E-state index in [1.807, 2.05) is 24.3 Å². The highest BCUT2D eigenvalue weighted by molar-refractivity contribution is 7.11. The summed E-state index contributed by atoms with van der Waals surface area (Å²) in [5, 5.41) is 12.0. The minimum absolute atomic E-state index is 0.0521. The van der Waals surface area contributed by atoms with Crippen LogP contribution in [-0.4, -0.2) is 23.3 Å². The van der Waals surface area contributed by atoms with Gasteiger partial charge in [-0.3, -0.25) is 4.79 Å². The molecule has 1 aromatic carbocycles. The maximum Gasteiger partial charge on any atom is 0.228 e. The van der Waals surface area contributed by atoms with Gasteiger partial charge in [0.05, 0.1) is 11.7 Å². The van der Waals surface area contributed by atoms with E-state index < -0.39 is 5.97 Å². The smallest absolute Gasteiger partial charge is 0.228 e. The fraction of sp³-hybridized carbons (Fsp3) is 0.312. The number of nitrogens with zero attached hydrogens (tertiary/aromatic N) is 1. The van der Waals surface area contributed by atoms with Gasteiger partial charge in [0.15, 0.2) is 11.6 Å². The molecule has 5 nitrogen and oxygen atoms in total. The van der Waals surface area contributed by atoms with Gasteiger partial charge in [0.25, 0.3) is 0 Å². The lowest BCUT2D eigenvalue weighted by molar-refractivity contribution is -0.255. The average Bonchev–Trinajstić information content (AvgIpc) is 2.94. The Morgan fingerprint density at radius 1 is 1.23 bits per heavy atom. The highest BCUT2D eigenvalue weighted by Crippen LogP contribution is 2.24. The van der Waals surface area contributed by atoms with Gasteiger partial charge in [-0.2, -0.15) is 0 Å². The highest BCUT2D eigenvalue weighted by Gasteiger charge is 2.14. The molecule has 22 heavy (non-hydrogen) atoms. The minimum Gasteiger partial charge on any atom is -0.543 e. The molecule has 2 rings (SSSR count). The van der Waals surface area contributed by atoms with Crippen molar-refractivity contribution in [3.8, 4) is 5.75 Å². The van der Waals surface area contributed by atoms with Crippen LogP contribution in [0.3, 0.4) is 0 Å². The van der Waals surface area contributed by atoms with Crippen LogP contribution < -0.4 is 9.84 Å². The Bertz CT molecular complexity index is 683. The molecule has 0 fully saturated rings. The third kappa shape index (κ3) is 3.92. The Kier molecular flexibility index (Phi) is 4.61. The summed E-state index contributed by atoms with van der Waals surface area (Å²) in [6, 6.07) is 7.53. The first-order chi connectivity index (χ1) is 10.3. The lowest BCUT2D eigenvalue weighted by Crippen LogP contribution is -2.23. The van der Waals surface area contributed by atoms with Gasteiger partial charge in [0.1, 0.15) is 5.75 Å². The molecule has 0 saturated carbocycles. The predicted octanol–water partition coefficient (Wildman–Crippen LogP) is 2.07. The monoisotopic (exact) mass is 318 g/mol. The summed E-state index contributed by atoms with van der Waals surface area (Å²) in [6.45, 7) is 6.16. The third-order valence-electron chi connectivity index (χ3n) is 3.04. The molecule has 0 amide bonds. The van der Waals surface area contributed by atoms with Crippen LogP contribution in [0.4, 0.5) is 0 Å². The maximum absolute atomic E-state index is 11.9. The molecule has 0 aliphatic rings. The second-order valence-electron chi connectivity index (χ2n) is 5.81. The van der Waals surface area contributed by atoms with E-state index in [2.05, 4.69) is 25.8 Å². The topological polar surface area (TPSA) is 79.3 Å². The molecule has 0 N–H and O–H groups in total. The number of carbonyl (C=O) groups excluding carboxylic acids is 2. The SMILES string of the molecule is CC(C)(C)c1ccc(OCC(=O)c2nc(C(=O)[O-])cs2)cc1. The molecule has 0 aliphatic carbocycles. The summed E-state index contributed by atoms with van der Waals surface area (Å²) in [6.07, 6.45) is 0. The molecule has 116 valence electrons. The summed E-state index contributed by atoms with van der Waals surface area (Å²) >= 11 is 0.965. The number of ether oxygens (including phenoxy) is 1. The van der Waals surface area contributed by atoms with E-state index in [1.54, 1.807) is 0 Å². The normalized spacial score (nSPS) is 11.2. The Balaban J connectivity index is 1.97. The van der Waals surface area contributed by atoms with Crippen molar-refractivity contribution in [3.63, 3.8) is 0 Å². The molecular formula is C16H16NO4S-. The van der Waals surface area contributed by atoms with Crippen LogP contribution in [0.2, 0.25) is 0 Å². The van der Waals surface area contributed by atoms with Gasteiger partial charge in [-0.15, -0.1) is 11.3 Å². The van der Waals surface area contributed by atoms with Crippen molar-refractivity contribution in [1.29, 1.82) is 0 Å². The van der Waals surface area contributed by atoms with Crippen LogP contribution in [0.25, 0.3) is 0 Å². The first-order valence-corrected chi connectivity index (χ1v) is 7.59. The van der Waals surface area contributed by atoms with Crippen molar-refractivity contribution >= 4 is 23.1 Å². The van der Waals surface area contributed by atoms with Crippen LogP contribution >= 0.6 is 11.3 Å². The first kappa shape index (κ1) is 16.2. The molecular weight excluding hydrogens is 302 g/mol. The molecule has 0 unspecified atom stereocenters. The number of Topliss-reactive ketones (excluding diaryl/α,β-unsaturated/α-hetero) is 1. The summed E-state index contributed by atoms with van der Waals surface area (Å²) in [4.78, 5) is 26.2. The van der Waals surface area contributed by atoms with Crippen molar-refractivity contribution in [2.24, 2.45) is 0 Å². The Morgan fingerprint density at radius 3 is 2.36 bits per heavy atom. The average molecular weight is 318 g/mol. The van der Waals surface area contributed by atoms with E-state index in [9.17, 15) is 14.7 Å². The quantitative estimate of drug-likeness (QED) is 0.788. The maximum atomic E-state index is 11.9. The third-order valence-corrected chi connectivity index (χ3v) is 3.93. The number of carboxylic acid groups (broad SMARTS) is 1. The van der Waals surface area contributed by atoms with Crippen LogP contribution in [-0.2, 0) is 5.41 Å². The predicted molar refractivity (Wildman–Crippen MR) is 81.4 cm³/mol. The molecule has 2 aromatic rings. The number of carbonyl (C=O) groups is 2. The number of aromatic nitrogens is 1. The molecule has 1 aromatic heterocycles. The second kappa shape index (κ2) is 6.27. The lowest BCUT2D eigenvalue weighted by Gasteiger charge is -2.19. The van der Waals surface area contributed by atoms with Crippen molar-refractivity contribution in [2.45, 2.75) is 26.2 Å². The number of benzene rings is 1. The van der Waals surface area contributed by atoms with E-state index in [-0.39, 0.29) is 28.5 Å². The van der Waals surface area contributed by atoms with Crippen LogP contribution in [0, 0.1) is 0 Å². The lowest BCUT2D eigenvalue weighted by atomic mass is 9.87. The van der Waals surface area contributed by atoms with Crippen molar-refractivity contribution < 1.29 is 19.4 Å². The summed E-state index contributed by atoms with van der Waals surface area (Å²) in [5.41, 5.74) is 0.990. The molecule has 0 atom stereocenters. The van der Waals surface area contributed by atoms with E-state index in [0.29, 0.717) is 5.75 Å². The Hall–Kier alpha value is -2.21. The molecule has 0 saturated heterocycles. The van der Waals surface area contributed by atoms with Gasteiger partial charge in [0, 0.05) is 5.38 Å². The summed E-state index contributed by atoms with van der Waals surface area (Å²) in [5.74, 6) is -1.18. The summed E-state index contributed by atoms with van der Waals surface area (Å²) < 4.78 is 5.41. The number of hydrogen-bond donors (Lipinski definition) is 0. The van der Waals surface area contributed by atoms with Gasteiger partial charge in [0.2, 0.25) is 5.78 Å². The number of rotatable bonds is 5. The number of ketones is 1. The van der Waals surface area contributed by atoms with Crippen LogP contribution in [0.1, 0.15) is 46.6 Å². The standard InChI is InChI=1S/C16H17NO4S/c1-16(2,3)10-4-6-11(7-5-10)21-8-13(18)14-17-12(9-22-14)15(19)20/h4-7,9H,8H2,1-3H3,(H,19,20)/p-1. The first-order valence-electron chi connectivity index (χ1n) is 6.71. The van der Waals surface area contributed by atoms with E-state index in [0.717, 1.165) is 11.3 Å². The van der Waals surface area contributed by atoms with E-state index in [1.165, 1.54) is 10.9 Å². The van der Waals surface area contributed by atoms with E-state index in [4.69, 9.17) is 4.74 Å². The Labute approximate surface area is 132 Å². The van der Waals surface area contributed by atoms with Gasteiger partial charge in [-0.1, -0.05) is 32.9 Å².